The van der Waals surface area contributed by atoms with E-state index in [9.17, 15) is 0 Å². The zero-order chi connectivity index (χ0) is 14.7. The van der Waals surface area contributed by atoms with Gasteiger partial charge in [0.15, 0.2) is 0 Å². The number of anilines is 2. The number of para-hydroxylation sites is 1. The summed E-state index contributed by atoms with van der Waals surface area (Å²) in [6, 6.07) is 18.1. The first-order valence-corrected chi connectivity index (χ1v) is 7.10. The molecule has 1 heterocycles. The minimum absolute atomic E-state index is 0.186. The number of nitrogens with zero attached hydrogens (tertiary/aromatic N) is 1. The van der Waals surface area contributed by atoms with Crippen molar-refractivity contribution in [2.45, 2.75) is 20.0 Å². The summed E-state index contributed by atoms with van der Waals surface area (Å²) in [5, 5.41) is 4.54. The van der Waals surface area contributed by atoms with Crippen LogP contribution in [0.15, 0.2) is 60.8 Å². The first-order valence-electron chi connectivity index (χ1n) is 7.10. The fourth-order valence-corrected chi connectivity index (χ4v) is 2.25. The van der Waals surface area contributed by atoms with E-state index in [2.05, 4.69) is 22.4 Å². The number of fused-ring (bicyclic) bond motifs is 1. The highest BCUT2D eigenvalue weighted by atomic mass is 16.5. The molecule has 0 aliphatic rings. The topological polar surface area (TPSA) is 34.1 Å². The van der Waals surface area contributed by atoms with Crippen LogP contribution >= 0.6 is 0 Å². The van der Waals surface area contributed by atoms with Gasteiger partial charge in [0.1, 0.15) is 5.75 Å². The van der Waals surface area contributed by atoms with Gasteiger partial charge in [0.2, 0.25) is 0 Å². The van der Waals surface area contributed by atoms with Crippen LogP contribution in [0.1, 0.15) is 13.8 Å². The molecule has 1 N–H and O–H groups in total. The summed E-state index contributed by atoms with van der Waals surface area (Å²) in [6.45, 7) is 4.04. The molecule has 106 valence electrons. The number of aromatic nitrogens is 1. The lowest BCUT2D eigenvalue weighted by Gasteiger charge is -2.12. The minimum Gasteiger partial charge on any atom is -0.491 e. The van der Waals surface area contributed by atoms with Crippen LogP contribution in [0.25, 0.3) is 10.9 Å². The predicted octanol–water partition coefficient (Wildman–Crippen LogP) is 4.77. The van der Waals surface area contributed by atoms with Crippen molar-refractivity contribution in [3.05, 3.63) is 60.8 Å². The third-order valence-corrected chi connectivity index (χ3v) is 3.14. The van der Waals surface area contributed by atoms with E-state index in [1.54, 1.807) is 0 Å². The molecule has 0 unspecified atom stereocenters. The minimum atomic E-state index is 0.186. The van der Waals surface area contributed by atoms with Crippen LogP contribution in [0, 0.1) is 0 Å². The molecule has 0 aliphatic carbocycles. The Labute approximate surface area is 124 Å². The molecule has 3 rings (SSSR count). The second-order valence-electron chi connectivity index (χ2n) is 5.20. The lowest BCUT2D eigenvalue weighted by Crippen LogP contribution is -2.05. The normalized spacial score (nSPS) is 10.8. The summed E-state index contributed by atoms with van der Waals surface area (Å²) in [6.07, 6.45) is 2.00. The van der Waals surface area contributed by atoms with Gasteiger partial charge in [-0.05, 0) is 50.2 Å². The van der Waals surface area contributed by atoms with Gasteiger partial charge in [0.25, 0.3) is 0 Å². The Morgan fingerprint density at radius 3 is 2.48 bits per heavy atom. The van der Waals surface area contributed by atoms with Gasteiger partial charge < -0.3 is 10.1 Å². The molecule has 3 aromatic rings. The zero-order valence-corrected chi connectivity index (χ0v) is 12.2. The summed E-state index contributed by atoms with van der Waals surface area (Å²) in [7, 11) is 0. The Kier molecular flexibility index (Phi) is 3.73. The highest BCUT2D eigenvalue weighted by Gasteiger charge is 2.03. The third kappa shape index (κ3) is 3.14. The Morgan fingerprint density at radius 1 is 0.952 bits per heavy atom. The van der Waals surface area contributed by atoms with E-state index in [-0.39, 0.29) is 6.10 Å². The number of rotatable bonds is 4. The third-order valence-electron chi connectivity index (χ3n) is 3.14. The van der Waals surface area contributed by atoms with Crippen LogP contribution in [0.5, 0.6) is 5.75 Å². The molecule has 3 heteroatoms. The standard InChI is InChI=1S/C18H18N2O/c1-13(2)21-16-10-8-15(9-11-16)20-17-7-3-5-14-6-4-12-19-18(14)17/h3-13,20H,1-2H3. The molecule has 0 amide bonds. The zero-order valence-electron chi connectivity index (χ0n) is 12.2. The first-order chi connectivity index (χ1) is 10.2. The van der Waals surface area contributed by atoms with E-state index < -0.39 is 0 Å². The van der Waals surface area contributed by atoms with Gasteiger partial charge in [0, 0.05) is 17.3 Å². The van der Waals surface area contributed by atoms with Crippen LogP contribution < -0.4 is 10.1 Å². The molecule has 1 aromatic heterocycles. The Bertz CT molecular complexity index is 730. The average molecular weight is 278 g/mol. The summed E-state index contributed by atoms with van der Waals surface area (Å²) < 4.78 is 5.65. The number of ether oxygens (including phenoxy) is 1. The fourth-order valence-electron chi connectivity index (χ4n) is 2.25. The number of hydrogen-bond donors (Lipinski definition) is 1. The summed E-state index contributed by atoms with van der Waals surface area (Å²) in [5.74, 6) is 0.881. The number of hydrogen-bond acceptors (Lipinski definition) is 3. The van der Waals surface area contributed by atoms with Crippen molar-refractivity contribution in [1.82, 2.24) is 4.98 Å². The van der Waals surface area contributed by atoms with Gasteiger partial charge in [-0.3, -0.25) is 4.98 Å². The van der Waals surface area contributed by atoms with E-state index in [4.69, 9.17) is 4.74 Å². The molecule has 3 nitrogen and oxygen atoms in total. The molecule has 0 aliphatic heterocycles. The Hall–Kier alpha value is -2.55. The molecule has 2 aromatic carbocycles. The molecule has 0 saturated heterocycles. The Balaban J connectivity index is 1.85. The van der Waals surface area contributed by atoms with E-state index in [1.165, 1.54) is 0 Å². The molecule has 0 bridgehead atoms. The van der Waals surface area contributed by atoms with Gasteiger partial charge in [-0.25, -0.2) is 0 Å². The van der Waals surface area contributed by atoms with Crippen molar-refractivity contribution < 1.29 is 4.74 Å². The van der Waals surface area contributed by atoms with Crippen molar-refractivity contribution in [1.29, 1.82) is 0 Å². The van der Waals surface area contributed by atoms with Gasteiger partial charge in [-0.15, -0.1) is 0 Å². The molecule has 0 saturated carbocycles. The van der Waals surface area contributed by atoms with Crippen LogP contribution in [0.3, 0.4) is 0 Å². The van der Waals surface area contributed by atoms with Gasteiger partial charge in [-0.1, -0.05) is 18.2 Å². The number of benzene rings is 2. The van der Waals surface area contributed by atoms with E-state index in [1.807, 2.05) is 62.5 Å². The summed E-state index contributed by atoms with van der Waals surface area (Å²) >= 11 is 0. The van der Waals surface area contributed by atoms with E-state index in [0.717, 1.165) is 28.0 Å². The average Bonchev–Trinajstić information content (AvgIpc) is 2.49. The maximum atomic E-state index is 5.65. The highest BCUT2D eigenvalue weighted by Crippen LogP contribution is 2.25. The SMILES string of the molecule is CC(C)Oc1ccc(Nc2cccc3cccnc23)cc1. The quantitative estimate of drug-likeness (QED) is 0.746. The number of nitrogens with one attached hydrogen (secondary N) is 1. The van der Waals surface area contributed by atoms with Crippen molar-refractivity contribution in [3.63, 3.8) is 0 Å². The maximum absolute atomic E-state index is 5.65. The summed E-state index contributed by atoms with van der Waals surface area (Å²) in [5.41, 5.74) is 3.00. The van der Waals surface area contributed by atoms with Crippen molar-refractivity contribution in [3.8, 4) is 5.75 Å². The molecule has 0 atom stereocenters. The van der Waals surface area contributed by atoms with Crippen LogP contribution in [-0.2, 0) is 0 Å². The van der Waals surface area contributed by atoms with Crippen LogP contribution in [0.4, 0.5) is 11.4 Å². The smallest absolute Gasteiger partial charge is 0.119 e. The van der Waals surface area contributed by atoms with Crippen molar-refractivity contribution in [2.75, 3.05) is 5.32 Å². The van der Waals surface area contributed by atoms with Crippen molar-refractivity contribution in [2.24, 2.45) is 0 Å². The molecular weight excluding hydrogens is 260 g/mol. The molecule has 0 spiro atoms. The lowest BCUT2D eigenvalue weighted by molar-refractivity contribution is 0.242. The van der Waals surface area contributed by atoms with Crippen LogP contribution in [-0.4, -0.2) is 11.1 Å². The second-order valence-corrected chi connectivity index (χ2v) is 5.20. The largest absolute Gasteiger partial charge is 0.491 e. The number of pyridine rings is 1. The molecular formula is C18H18N2O. The maximum Gasteiger partial charge on any atom is 0.119 e. The van der Waals surface area contributed by atoms with Gasteiger partial charge in [0.05, 0.1) is 17.3 Å². The lowest BCUT2D eigenvalue weighted by atomic mass is 10.2. The van der Waals surface area contributed by atoms with Crippen LogP contribution in [0.2, 0.25) is 0 Å². The molecule has 21 heavy (non-hydrogen) atoms. The van der Waals surface area contributed by atoms with Gasteiger partial charge >= 0.3 is 0 Å². The second kappa shape index (κ2) is 5.83. The highest BCUT2D eigenvalue weighted by molar-refractivity contribution is 5.91. The molecule has 0 fully saturated rings. The van der Waals surface area contributed by atoms with Crippen molar-refractivity contribution >= 4 is 22.3 Å². The molecule has 0 radical (unpaired) electrons. The Morgan fingerprint density at radius 2 is 1.71 bits per heavy atom. The van der Waals surface area contributed by atoms with E-state index >= 15 is 0 Å². The first kappa shape index (κ1) is 13.4. The van der Waals surface area contributed by atoms with E-state index in [0.29, 0.717) is 0 Å². The fraction of sp³-hybridized carbons (Fsp3) is 0.167. The monoisotopic (exact) mass is 278 g/mol. The summed E-state index contributed by atoms with van der Waals surface area (Å²) in [4.78, 5) is 4.45. The predicted molar refractivity (Wildman–Crippen MR) is 87.2 cm³/mol. The van der Waals surface area contributed by atoms with Gasteiger partial charge in [-0.2, -0.15) is 0 Å².